The highest BCUT2D eigenvalue weighted by Gasteiger charge is 2.28. The van der Waals surface area contributed by atoms with Gasteiger partial charge in [0.15, 0.2) is 0 Å². The largest absolute Gasteiger partial charge is 0.379 e. The van der Waals surface area contributed by atoms with Gasteiger partial charge in [0.1, 0.15) is 10.6 Å². The molecule has 3 aromatic rings. The first-order chi connectivity index (χ1) is 14.8. The molecule has 0 N–H and O–H groups in total. The van der Waals surface area contributed by atoms with Crippen molar-refractivity contribution in [2.75, 3.05) is 5.01 Å². The van der Waals surface area contributed by atoms with E-state index in [9.17, 15) is 13.2 Å². The highest BCUT2D eigenvalue weighted by Crippen LogP contribution is 2.26. The van der Waals surface area contributed by atoms with Gasteiger partial charge in [-0.25, -0.2) is 0 Å². The summed E-state index contributed by atoms with van der Waals surface area (Å²) in [5, 5.41) is 5.72. The van der Waals surface area contributed by atoms with Crippen molar-refractivity contribution in [1.82, 2.24) is 0 Å². The molecule has 1 aliphatic heterocycles. The molecule has 31 heavy (non-hydrogen) atoms. The monoisotopic (exact) mass is 432 g/mol. The molecule has 7 heteroatoms. The van der Waals surface area contributed by atoms with Crippen LogP contribution in [0.5, 0.6) is 5.75 Å². The van der Waals surface area contributed by atoms with Crippen LogP contribution in [0.4, 0.5) is 5.69 Å². The lowest BCUT2D eigenvalue weighted by Gasteiger charge is -2.11. The molecule has 1 heterocycles. The van der Waals surface area contributed by atoms with Crippen molar-refractivity contribution < 1.29 is 17.4 Å². The Morgan fingerprint density at radius 3 is 2.16 bits per heavy atom. The van der Waals surface area contributed by atoms with Gasteiger partial charge in [-0.2, -0.15) is 18.5 Å². The maximum absolute atomic E-state index is 12.8. The number of carbonyl (C=O) groups is 1. The van der Waals surface area contributed by atoms with E-state index in [2.05, 4.69) is 5.10 Å². The zero-order valence-corrected chi connectivity index (χ0v) is 17.8. The normalized spacial score (nSPS) is 15.3. The first kappa shape index (κ1) is 20.6. The number of amides is 1. The van der Waals surface area contributed by atoms with Crippen LogP contribution in [0.15, 0.2) is 94.4 Å². The molecule has 0 aliphatic carbocycles. The predicted molar refractivity (Wildman–Crippen MR) is 120 cm³/mol. The highest BCUT2D eigenvalue weighted by molar-refractivity contribution is 7.87. The molecular formula is C24H20N2O4S. The molecule has 0 saturated carbocycles. The summed E-state index contributed by atoms with van der Waals surface area (Å²) < 4.78 is 30.1. The quantitative estimate of drug-likeness (QED) is 0.437. The number of aryl methyl sites for hydroxylation is 1. The maximum atomic E-state index is 12.8. The number of para-hydroxylation sites is 1. The number of hydrazone groups is 1. The number of hydrogen-bond donors (Lipinski definition) is 0. The second-order valence-electron chi connectivity index (χ2n) is 7.12. The van der Waals surface area contributed by atoms with Crippen LogP contribution < -0.4 is 9.19 Å². The van der Waals surface area contributed by atoms with Crippen LogP contribution in [0.25, 0.3) is 6.08 Å². The molecule has 0 aromatic heterocycles. The Hall–Kier alpha value is -3.71. The number of anilines is 1. The summed E-state index contributed by atoms with van der Waals surface area (Å²) in [7, 11) is -3.92. The molecule has 0 unspecified atom stereocenters. The topological polar surface area (TPSA) is 76.0 Å². The van der Waals surface area contributed by atoms with Gasteiger partial charge in [0.2, 0.25) is 0 Å². The number of carbonyl (C=O) groups excluding carboxylic acids is 1. The number of benzene rings is 3. The minimum absolute atomic E-state index is 0.0914. The Bertz CT molecular complexity index is 1280. The van der Waals surface area contributed by atoms with Gasteiger partial charge < -0.3 is 4.18 Å². The molecule has 0 saturated heterocycles. The van der Waals surface area contributed by atoms with Gasteiger partial charge in [-0.05, 0) is 61.9 Å². The van der Waals surface area contributed by atoms with Gasteiger partial charge in [-0.15, -0.1) is 0 Å². The lowest BCUT2D eigenvalue weighted by Crippen LogP contribution is -2.21. The standard InChI is InChI=1S/C24H20N2O4S/c1-17-8-14-22(15-9-17)31(28,29)30-21-12-10-19(11-13-21)16-23-18(2)25-26(24(23)27)20-6-4-3-5-7-20/h3-16H,1-2H3. The maximum Gasteiger partial charge on any atom is 0.339 e. The first-order valence-electron chi connectivity index (χ1n) is 9.61. The Balaban J connectivity index is 1.52. The minimum Gasteiger partial charge on any atom is -0.379 e. The summed E-state index contributed by atoms with van der Waals surface area (Å²) in [6.45, 7) is 3.66. The summed E-state index contributed by atoms with van der Waals surface area (Å²) in [6.07, 6.45) is 1.72. The van der Waals surface area contributed by atoms with Crippen LogP contribution in [-0.4, -0.2) is 20.0 Å². The van der Waals surface area contributed by atoms with E-state index in [-0.39, 0.29) is 16.6 Å². The zero-order valence-electron chi connectivity index (χ0n) is 17.0. The zero-order chi connectivity index (χ0) is 22.0. The van der Waals surface area contributed by atoms with E-state index in [1.54, 1.807) is 49.4 Å². The third-order valence-corrected chi connectivity index (χ3v) is 6.03. The molecule has 0 radical (unpaired) electrons. The van der Waals surface area contributed by atoms with Crippen molar-refractivity contribution in [1.29, 1.82) is 0 Å². The lowest BCUT2D eigenvalue weighted by molar-refractivity contribution is -0.114. The van der Waals surface area contributed by atoms with E-state index in [1.165, 1.54) is 17.1 Å². The van der Waals surface area contributed by atoms with E-state index < -0.39 is 10.1 Å². The van der Waals surface area contributed by atoms with E-state index in [0.29, 0.717) is 17.0 Å². The SMILES string of the molecule is CC1=NN(c2ccccc2)C(=O)C1=Cc1ccc(OS(=O)(=O)c2ccc(C)cc2)cc1. The molecule has 1 aliphatic rings. The first-order valence-corrected chi connectivity index (χ1v) is 11.0. The second-order valence-corrected chi connectivity index (χ2v) is 8.66. The summed E-state index contributed by atoms with van der Waals surface area (Å²) in [5.41, 5.74) is 3.47. The molecule has 0 spiro atoms. The molecule has 3 aromatic carbocycles. The summed E-state index contributed by atoms with van der Waals surface area (Å²) in [6, 6.07) is 22.1. The fourth-order valence-electron chi connectivity index (χ4n) is 3.09. The van der Waals surface area contributed by atoms with Gasteiger partial charge in [0.05, 0.1) is 17.0 Å². The smallest absolute Gasteiger partial charge is 0.339 e. The van der Waals surface area contributed by atoms with Crippen molar-refractivity contribution >= 4 is 33.5 Å². The van der Waals surface area contributed by atoms with Crippen LogP contribution in [0.2, 0.25) is 0 Å². The summed E-state index contributed by atoms with van der Waals surface area (Å²) >= 11 is 0. The summed E-state index contributed by atoms with van der Waals surface area (Å²) in [4.78, 5) is 12.9. The van der Waals surface area contributed by atoms with Crippen molar-refractivity contribution in [2.24, 2.45) is 5.10 Å². The van der Waals surface area contributed by atoms with Gasteiger partial charge in [-0.3, -0.25) is 4.79 Å². The predicted octanol–water partition coefficient (Wildman–Crippen LogP) is 4.57. The average molecular weight is 433 g/mol. The van der Waals surface area contributed by atoms with Crippen LogP contribution >= 0.6 is 0 Å². The lowest BCUT2D eigenvalue weighted by atomic mass is 10.1. The van der Waals surface area contributed by atoms with Gasteiger partial charge in [-0.1, -0.05) is 48.0 Å². The van der Waals surface area contributed by atoms with Crippen LogP contribution in [0.1, 0.15) is 18.1 Å². The van der Waals surface area contributed by atoms with E-state index >= 15 is 0 Å². The molecule has 0 bridgehead atoms. The Morgan fingerprint density at radius 1 is 0.871 bits per heavy atom. The van der Waals surface area contributed by atoms with E-state index in [4.69, 9.17) is 4.18 Å². The van der Waals surface area contributed by atoms with Gasteiger partial charge in [0.25, 0.3) is 5.91 Å². The molecule has 156 valence electrons. The van der Waals surface area contributed by atoms with Gasteiger partial charge >= 0.3 is 10.1 Å². The number of nitrogens with zero attached hydrogens (tertiary/aromatic N) is 2. The van der Waals surface area contributed by atoms with E-state index in [0.717, 1.165) is 11.1 Å². The van der Waals surface area contributed by atoms with Crippen molar-refractivity contribution in [3.63, 3.8) is 0 Å². The summed E-state index contributed by atoms with van der Waals surface area (Å²) in [5.74, 6) is -0.0252. The Labute approximate surface area is 181 Å². The molecule has 4 rings (SSSR count). The van der Waals surface area contributed by atoms with Crippen LogP contribution in [0.3, 0.4) is 0 Å². The molecule has 0 fully saturated rings. The fourth-order valence-corrected chi connectivity index (χ4v) is 4.02. The molecule has 0 atom stereocenters. The van der Waals surface area contributed by atoms with Crippen molar-refractivity contribution in [3.8, 4) is 5.75 Å². The van der Waals surface area contributed by atoms with Crippen molar-refractivity contribution in [3.05, 3.63) is 95.6 Å². The van der Waals surface area contributed by atoms with Crippen LogP contribution in [0, 0.1) is 6.92 Å². The van der Waals surface area contributed by atoms with Crippen LogP contribution in [-0.2, 0) is 14.9 Å². The average Bonchev–Trinajstić information content (AvgIpc) is 3.04. The molecule has 1 amide bonds. The fraction of sp³-hybridized carbons (Fsp3) is 0.0833. The third-order valence-electron chi connectivity index (χ3n) is 4.77. The number of hydrogen-bond acceptors (Lipinski definition) is 5. The molecular weight excluding hydrogens is 412 g/mol. The molecule has 6 nitrogen and oxygen atoms in total. The van der Waals surface area contributed by atoms with Gasteiger partial charge in [0, 0.05) is 0 Å². The Kier molecular flexibility index (Phi) is 5.44. The highest BCUT2D eigenvalue weighted by atomic mass is 32.2. The Morgan fingerprint density at radius 2 is 1.52 bits per heavy atom. The van der Waals surface area contributed by atoms with Crippen molar-refractivity contribution in [2.45, 2.75) is 18.7 Å². The second kappa shape index (κ2) is 8.20. The van der Waals surface area contributed by atoms with E-state index in [1.807, 2.05) is 37.3 Å². The minimum atomic E-state index is -3.92. The third kappa shape index (κ3) is 4.41. The number of rotatable bonds is 5.